The smallest absolute Gasteiger partial charge is 0.413 e. The monoisotopic (exact) mass is 347 g/mol. The van der Waals surface area contributed by atoms with Crippen molar-refractivity contribution in [2.45, 2.75) is 26.4 Å². The Morgan fingerprint density at radius 3 is 2.54 bits per heavy atom. The number of amides is 2. The molecule has 2 amide bonds. The number of halogens is 1. The summed E-state index contributed by atoms with van der Waals surface area (Å²) in [7, 11) is 0. The van der Waals surface area contributed by atoms with Gasteiger partial charge >= 0.3 is 6.09 Å². The number of nitrogens with one attached hydrogen (secondary N) is 2. The highest BCUT2D eigenvalue weighted by Gasteiger charge is 2.16. The minimum atomic E-state index is -0.617. The molecule has 126 valence electrons. The molecule has 0 fully saturated rings. The highest BCUT2D eigenvalue weighted by molar-refractivity contribution is 6.31. The van der Waals surface area contributed by atoms with Crippen molar-refractivity contribution in [3.05, 3.63) is 53.2 Å². The van der Waals surface area contributed by atoms with Crippen molar-refractivity contribution in [3.8, 4) is 0 Å². The maximum absolute atomic E-state index is 12.2. The molecule has 1 aromatic carbocycles. The number of hydrogen-bond donors (Lipinski definition) is 2. The van der Waals surface area contributed by atoms with E-state index in [-0.39, 0.29) is 11.7 Å². The fraction of sp³-hybridized carbons (Fsp3) is 0.235. The number of aromatic nitrogens is 1. The van der Waals surface area contributed by atoms with Crippen molar-refractivity contribution in [2.75, 3.05) is 10.6 Å². The van der Waals surface area contributed by atoms with E-state index in [9.17, 15) is 9.59 Å². The molecule has 0 saturated carbocycles. The van der Waals surface area contributed by atoms with Gasteiger partial charge in [-0.2, -0.15) is 0 Å². The zero-order chi connectivity index (χ0) is 17.7. The maximum Gasteiger partial charge on any atom is 0.413 e. The quantitative estimate of drug-likeness (QED) is 0.865. The Morgan fingerprint density at radius 1 is 1.12 bits per heavy atom. The molecule has 7 heteroatoms. The molecule has 0 unspecified atom stereocenters. The van der Waals surface area contributed by atoms with Gasteiger partial charge in [-0.3, -0.25) is 10.1 Å². The lowest BCUT2D eigenvalue weighted by atomic mass is 10.2. The fourth-order valence-corrected chi connectivity index (χ4v) is 2.01. The molecule has 0 aliphatic carbocycles. The third-order valence-corrected chi connectivity index (χ3v) is 2.97. The average Bonchev–Trinajstić information content (AvgIpc) is 2.45. The van der Waals surface area contributed by atoms with Crippen LogP contribution in [0, 0.1) is 0 Å². The minimum Gasteiger partial charge on any atom is -0.444 e. The molecule has 6 nitrogen and oxygen atoms in total. The third-order valence-electron chi connectivity index (χ3n) is 2.73. The highest BCUT2D eigenvalue weighted by Crippen LogP contribution is 2.16. The molecule has 0 atom stereocenters. The summed E-state index contributed by atoms with van der Waals surface area (Å²) in [6, 6.07) is 9.75. The summed E-state index contributed by atoms with van der Waals surface area (Å²) < 4.78 is 5.15. The topological polar surface area (TPSA) is 80.3 Å². The van der Waals surface area contributed by atoms with Crippen LogP contribution in [0.25, 0.3) is 0 Å². The minimum absolute atomic E-state index is 0.271. The highest BCUT2D eigenvalue weighted by atomic mass is 35.5. The van der Waals surface area contributed by atoms with Crippen LogP contribution in [0.15, 0.2) is 42.6 Å². The van der Waals surface area contributed by atoms with Crippen molar-refractivity contribution in [3.63, 3.8) is 0 Å². The van der Waals surface area contributed by atoms with Gasteiger partial charge < -0.3 is 10.1 Å². The molecular weight excluding hydrogens is 330 g/mol. The summed E-state index contributed by atoms with van der Waals surface area (Å²) in [5, 5.41) is 5.71. The molecule has 0 aliphatic rings. The molecular formula is C17H18ClN3O3. The molecule has 0 saturated heterocycles. The first kappa shape index (κ1) is 17.7. The first-order valence-corrected chi connectivity index (χ1v) is 7.64. The Labute approximate surface area is 145 Å². The van der Waals surface area contributed by atoms with Crippen LogP contribution in [0.4, 0.5) is 16.3 Å². The second-order valence-electron chi connectivity index (χ2n) is 6.02. The first-order valence-electron chi connectivity index (χ1n) is 7.26. The Morgan fingerprint density at radius 2 is 1.88 bits per heavy atom. The van der Waals surface area contributed by atoms with Crippen LogP contribution in [-0.2, 0) is 4.74 Å². The Balaban J connectivity index is 2.05. The lowest BCUT2D eigenvalue weighted by Crippen LogP contribution is -2.27. The van der Waals surface area contributed by atoms with E-state index < -0.39 is 11.7 Å². The summed E-state index contributed by atoms with van der Waals surface area (Å²) in [4.78, 5) is 27.9. The maximum atomic E-state index is 12.2. The molecule has 2 aromatic rings. The first-order chi connectivity index (χ1) is 11.2. The van der Waals surface area contributed by atoms with E-state index in [1.165, 1.54) is 12.3 Å². The number of carbonyl (C=O) groups excluding carboxylic acids is 2. The van der Waals surface area contributed by atoms with Crippen LogP contribution >= 0.6 is 11.6 Å². The summed E-state index contributed by atoms with van der Waals surface area (Å²) in [6.45, 7) is 5.30. The van der Waals surface area contributed by atoms with E-state index >= 15 is 0 Å². The number of carbonyl (C=O) groups is 2. The van der Waals surface area contributed by atoms with Crippen LogP contribution in [0.3, 0.4) is 0 Å². The lowest BCUT2D eigenvalue weighted by molar-refractivity contribution is 0.0635. The van der Waals surface area contributed by atoms with Crippen molar-refractivity contribution in [2.24, 2.45) is 0 Å². The molecule has 2 N–H and O–H groups in total. The predicted octanol–water partition coefficient (Wildman–Crippen LogP) is 4.33. The Hall–Kier alpha value is -2.60. The molecule has 0 radical (unpaired) electrons. The van der Waals surface area contributed by atoms with Crippen LogP contribution < -0.4 is 10.6 Å². The van der Waals surface area contributed by atoms with Gasteiger partial charge in [0, 0.05) is 28.5 Å². The molecule has 24 heavy (non-hydrogen) atoms. The van der Waals surface area contributed by atoms with E-state index in [0.29, 0.717) is 16.3 Å². The molecule has 1 heterocycles. The summed E-state index contributed by atoms with van der Waals surface area (Å²) in [6.07, 6.45) is 0.855. The zero-order valence-electron chi connectivity index (χ0n) is 13.6. The van der Waals surface area contributed by atoms with Crippen LogP contribution in [0.1, 0.15) is 31.1 Å². The zero-order valence-corrected chi connectivity index (χ0v) is 14.3. The van der Waals surface area contributed by atoms with Gasteiger partial charge in [0.05, 0.1) is 0 Å². The van der Waals surface area contributed by atoms with Crippen LogP contribution in [-0.4, -0.2) is 22.6 Å². The summed E-state index contributed by atoms with van der Waals surface area (Å²) in [5.74, 6) is -0.0416. The van der Waals surface area contributed by atoms with Gasteiger partial charge in [0.1, 0.15) is 11.4 Å². The lowest BCUT2D eigenvalue weighted by Gasteiger charge is -2.19. The Kier molecular flexibility index (Phi) is 5.41. The molecule has 0 bridgehead atoms. The summed E-state index contributed by atoms with van der Waals surface area (Å²) in [5.41, 5.74) is 0.310. The number of pyridine rings is 1. The number of ether oxygens (including phenoxy) is 1. The fourth-order valence-electron chi connectivity index (χ4n) is 1.82. The SMILES string of the molecule is CC(C)(C)OC(=O)Nc1cc(NC(=O)c2cccc(Cl)c2)ccn1. The van der Waals surface area contributed by atoms with E-state index in [4.69, 9.17) is 16.3 Å². The summed E-state index contributed by atoms with van der Waals surface area (Å²) >= 11 is 5.88. The van der Waals surface area contributed by atoms with E-state index in [1.807, 2.05) is 0 Å². The standard InChI is InChI=1S/C17H18ClN3O3/c1-17(2,3)24-16(23)21-14-10-13(7-8-19-14)20-15(22)11-5-4-6-12(18)9-11/h4-10H,1-3H3,(H2,19,20,21,22,23). The van der Waals surface area contributed by atoms with Gasteiger partial charge in [-0.1, -0.05) is 17.7 Å². The number of rotatable bonds is 3. The van der Waals surface area contributed by atoms with Crippen LogP contribution in [0.2, 0.25) is 5.02 Å². The number of benzene rings is 1. The van der Waals surface area contributed by atoms with Gasteiger partial charge in [0.15, 0.2) is 0 Å². The number of hydrogen-bond acceptors (Lipinski definition) is 4. The van der Waals surface area contributed by atoms with Gasteiger partial charge in [-0.15, -0.1) is 0 Å². The largest absolute Gasteiger partial charge is 0.444 e. The molecule has 1 aromatic heterocycles. The molecule has 0 aliphatic heterocycles. The van der Waals surface area contributed by atoms with Crippen molar-refractivity contribution in [1.82, 2.24) is 4.98 Å². The van der Waals surface area contributed by atoms with E-state index in [1.54, 1.807) is 51.1 Å². The second-order valence-corrected chi connectivity index (χ2v) is 6.46. The number of nitrogens with zero attached hydrogens (tertiary/aromatic N) is 1. The number of anilines is 2. The molecule has 2 rings (SSSR count). The van der Waals surface area contributed by atoms with Gasteiger partial charge in [0.2, 0.25) is 0 Å². The van der Waals surface area contributed by atoms with Gasteiger partial charge in [-0.25, -0.2) is 9.78 Å². The Bertz CT molecular complexity index is 757. The van der Waals surface area contributed by atoms with Gasteiger partial charge in [-0.05, 0) is 45.0 Å². The van der Waals surface area contributed by atoms with Crippen LogP contribution in [0.5, 0.6) is 0 Å². The van der Waals surface area contributed by atoms with Crippen molar-refractivity contribution in [1.29, 1.82) is 0 Å². The second kappa shape index (κ2) is 7.31. The predicted molar refractivity (Wildman–Crippen MR) is 93.5 cm³/mol. The van der Waals surface area contributed by atoms with E-state index in [2.05, 4.69) is 15.6 Å². The molecule has 0 spiro atoms. The average molecular weight is 348 g/mol. The third kappa shape index (κ3) is 5.55. The van der Waals surface area contributed by atoms with Crippen molar-refractivity contribution >= 4 is 35.1 Å². The van der Waals surface area contributed by atoms with Crippen molar-refractivity contribution < 1.29 is 14.3 Å². The van der Waals surface area contributed by atoms with E-state index in [0.717, 1.165) is 0 Å². The van der Waals surface area contributed by atoms with Gasteiger partial charge in [0.25, 0.3) is 5.91 Å². The normalized spacial score (nSPS) is 10.8.